The monoisotopic (exact) mass is 264 g/mol. The SMILES string of the molecule is CC(C(=O)NC1C(C)(C)C(N)C1(C)C)n1cccn1. The molecule has 1 aliphatic rings. The van der Waals surface area contributed by atoms with E-state index in [1.54, 1.807) is 17.1 Å². The molecule has 106 valence electrons. The van der Waals surface area contributed by atoms with Crippen molar-refractivity contribution in [3.05, 3.63) is 18.5 Å². The summed E-state index contributed by atoms with van der Waals surface area (Å²) in [4.78, 5) is 12.3. The maximum Gasteiger partial charge on any atom is 0.244 e. The number of nitrogens with one attached hydrogen (secondary N) is 1. The van der Waals surface area contributed by atoms with Crippen LogP contribution in [0.15, 0.2) is 18.5 Å². The minimum absolute atomic E-state index is 0.0123. The van der Waals surface area contributed by atoms with Crippen molar-refractivity contribution in [2.45, 2.75) is 52.7 Å². The molecule has 19 heavy (non-hydrogen) atoms. The predicted molar refractivity (Wildman–Crippen MR) is 74.4 cm³/mol. The molecule has 0 bridgehead atoms. The fourth-order valence-corrected chi connectivity index (χ4v) is 3.45. The van der Waals surface area contributed by atoms with Gasteiger partial charge in [-0.25, -0.2) is 0 Å². The molecular weight excluding hydrogens is 240 g/mol. The van der Waals surface area contributed by atoms with E-state index in [1.165, 1.54) is 0 Å². The molecular formula is C14H24N4O. The molecule has 0 saturated heterocycles. The highest BCUT2D eigenvalue weighted by Gasteiger charge is 2.60. The van der Waals surface area contributed by atoms with Crippen LogP contribution in [0.2, 0.25) is 0 Å². The van der Waals surface area contributed by atoms with Crippen LogP contribution in [0.1, 0.15) is 40.7 Å². The van der Waals surface area contributed by atoms with Gasteiger partial charge in [0, 0.05) is 35.3 Å². The molecule has 5 heteroatoms. The molecule has 1 saturated carbocycles. The van der Waals surface area contributed by atoms with Gasteiger partial charge in [-0.15, -0.1) is 0 Å². The molecule has 0 spiro atoms. The van der Waals surface area contributed by atoms with Crippen LogP contribution in [0.4, 0.5) is 0 Å². The van der Waals surface area contributed by atoms with Gasteiger partial charge in [-0.05, 0) is 13.0 Å². The lowest BCUT2D eigenvalue weighted by molar-refractivity contribution is -0.135. The molecule has 1 heterocycles. The summed E-state index contributed by atoms with van der Waals surface area (Å²) in [7, 11) is 0. The van der Waals surface area contributed by atoms with Crippen LogP contribution in [-0.4, -0.2) is 27.8 Å². The van der Waals surface area contributed by atoms with Crippen LogP contribution in [0, 0.1) is 10.8 Å². The van der Waals surface area contributed by atoms with Crippen LogP contribution in [-0.2, 0) is 4.79 Å². The Kier molecular flexibility index (Phi) is 3.21. The minimum Gasteiger partial charge on any atom is -0.350 e. The molecule has 3 N–H and O–H groups in total. The third-order valence-electron chi connectivity index (χ3n) is 4.68. The number of hydrogen-bond donors (Lipinski definition) is 2. The second-order valence-corrected chi connectivity index (χ2v) is 6.72. The number of hydrogen-bond acceptors (Lipinski definition) is 3. The molecule has 1 aromatic rings. The van der Waals surface area contributed by atoms with Crippen molar-refractivity contribution < 1.29 is 4.79 Å². The Morgan fingerprint density at radius 1 is 1.37 bits per heavy atom. The Balaban J connectivity index is 2.08. The van der Waals surface area contributed by atoms with Crippen LogP contribution in [0.5, 0.6) is 0 Å². The van der Waals surface area contributed by atoms with Gasteiger partial charge < -0.3 is 11.1 Å². The molecule has 1 atom stereocenters. The van der Waals surface area contributed by atoms with Crippen LogP contribution in [0.25, 0.3) is 0 Å². The Hall–Kier alpha value is -1.36. The maximum absolute atomic E-state index is 12.3. The molecule has 0 aromatic carbocycles. The van der Waals surface area contributed by atoms with Crippen molar-refractivity contribution in [3.63, 3.8) is 0 Å². The van der Waals surface area contributed by atoms with E-state index in [0.29, 0.717) is 0 Å². The van der Waals surface area contributed by atoms with Crippen molar-refractivity contribution in [1.82, 2.24) is 15.1 Å². The molecule has 0 radical (unpaired) electrons. The second kappa shape index (κ2) is 4.34. The van der Waals surface area contributed by atoms with E-state index >= 15 is 0 Å². The Bertz CT molecular complexity index is 448. The summed E-state index contributed by atoms with van der Waals surface area (Å²) in [6, 6.07) is 1.68. The van der Waals surface area contributed by atoms with E-state index in [1.807, 2.05) is 13.0 Å². The summed E-state index contributed by atoms with van der Waals surface area (Å²) >= 11 is 0. The Morgan fingerprint density at radius 2 is 1.95 bits per heavy atom. The van der Waals surface area contributed by atoms with Crippen molar-refractivity contribution in [2.24, 2.45) is 16.6 Å². The summed E-state index contributed by atoms with van der Waals surface area (Å²) < 4.78 is 1.66. The van der Waals surface area contributed by atoms with Gasteiger partial charge in [0.2, 0.25) is 5.91 Å². The van der Waals surface area contributed by atoms with Gasteiger partial charge in [-0.2, -0.15) is 5.10 Å². The normalized spacial score (nSPS) is 29.4. The summed E-state index contributed by atoms with van der Waals surface area (Å²) in [5, 5.41) is 7.24. The fourth-order valence-electron chi connectivity index (χ4n) is 3.45. The molecule has 1 amide bonds. The first-order valence-corrected chi connectivity index (χ1v) is 6.74. The van der Waals surface area contributed by atoms with Crippen LogP contribution >= 0.6 is 0 Å². The van der Waals surface area contributed by atoms with Gasteiger partial charge in [0.1, 0.15) is 6.04 Å². The van der Waals surface area contributed by atoms with Crippen molar-refractivity contribution in [3.8, 4) is 0 Å². The van der Waals surface area contributed by atoms with Crippen molar-refractivity contribution >= 4 is 5.91 Å². The second-order valence-electron chi connectivity index (χ2n) is 6.72. The van der Waals surface area contributed by atoms with E-state index in [-0.39, 0.29) is 34.9 Å². The standard InChI is InChI=1S/C14H24N4O/c1-9(18-8-6-7-16-18)10(19)17-12-13(2,3)11(15)14(12,4)5/h6-9,11-12H,15H2,1-5H3,(H,17,19). The van der Waals surface area contributed by atoms with Crippen LogP contribution < -0.4 is 11.1 Å². The number of nitrogens with zero attached hydrogens (tertiary/aromatic N) is 2. The highest BCUT2D eigenvalue weighted by Crippen LogP contribution is 2.52. The lowest BCUT2D eigenvalue weighted by Gasteiger charge is -2.63. The van der Waals surface area contributed by atoms with E-state index in [4.69, 9.17) is 5.73 Å². The summed E-state index contributed by atoms with van der Waals surface area (Å²) in [6.07, 6.45) is 3.48. The maximum atomic E-state index is 12.3. The number of amides is 1. The lowest BCUT2D eigenvalue weighted by atomic mass is 9.48. The fraction of sp³-hybridized carbons (Fsp3) is 0.714. The van der Waals surface area contributed by atoms with Crippen molar-refractivity contribution in [2.75, 3.05) is 0 Å². The zero-order valence-corrected chi connectivity index (χ0v) is 12.3. The first kappa shape index (κ1) is 14.1. The number of rotatable bonds is 3. The molecule has 1 aromatic heterocycles. The highest BCUT2D eigenvalue weighted by molar-refractivity contribution is 5.80. The predicted octanol–water partition coefficient (Wildman–Crippen LogP) is 1.32. The molecule has 1 unspecified atom stereocenters. The topological polar surface area (TPSA) is 72.9 Å². The van der Waals surface area contributed by atoms with E-state index in [2.05, 4.69) is 38.1 Å². The van der Waals surface area contributed by atoms with E-state index < -0.39 is 0 Å². The van der Waals surface area contributed by atoms with Crippen LogP contribution in [0.3, 0.4) is 0 Å². The summed E-state index contributed by atoms with van der Waals surface area (Å²) in [5.41, 5.74) is 6.04. The summed E-state index contributed by atoms with van der Waals surface area (Å²) in [6.45, 7) is 10.3. The third kappa shape index (κ3) is 2.06. The smallest absolute Gasteiger partial charge is 0.244 e. The lowest BCUT2D eigenvalue weighted by Crippen LogP contribution is -2.76. The quantitative estimate of drug-likeness (QED) is 0.865. The highest BCUT2D eigenvalue weighted by atomic mass is 16.2. The molecule has 5 nitrogen and oxygen atoms in total. The molecule has 0 aliphatic heterocycles. The van der Waals surface area contributed by atoms with E-state index in [0.717, 1.165) is 0 Å². The zero-order chi connectivity index (χ0) is 14.4. The van der Waals surface area contributed by atoms with Gasteiger partial charge in [-0.3, -0.25) is 9.48 Å². The first-order chi connectivity index (χ1) is 8.69. The molecule has 1 aliphatic carbocycles. The zero-order valence-electron chi connectivity index (χ0n) is 12.3. The Labute approximate surface area is 114 Å². The number of carbonyl (C=O) groups is 1. The van der Waals surface area contributed by atoms with Gasteiger partial charge in [0.05, 0.1) is 0 Å². The largest absolute Gasteiger partial charge is 0.350 e. The van der Waals surface area contributed by atoms with Gasteiger partial charge >= 0.3 is 0 Å². The average molecular weight is 264 g/mol. The number of aromatic nitrogens is 2. The van der Waals surface area contributed by atoms with Gasteiger partial charge in [0.15, 0.2) is 0 Å². The number of nitrogens with two attached hydrogens (primary N) is 1. The van der Waals surface area contributed by atoms with Gasteiger partial charge in [-0.1, -0.05) is 27.7 Å². The minimum atomic E-state index is -0.307. The molecule has 1 fully saturated rings. The third-order valence-corrected chi connectivity index (χ3v) is 4.68. The molecule has 2 rings (SSSR count). The Morgan fingerprint density at radius 3 is 2.42 bits per heavy atom. The van der Waals surface area contributed by atoms with Crippen molar-refractivity contribution in [1.29, 1.82) is 0 Å². The number of carbonyl (C=O) groups excluding carboxylic acids is 1. The first-order valence-electron chi connectivity index (χ1n) is 6.74. The van der Waals surface area contributed by atoms with Gasteiger partial charge in [0.25, 0.3) is 0 Å². The average Bonchev–Trinajstić information content (AvgIpc) is 2.86. The van der Waals surface area contributed by atoms with E-state index in [9.17, 15) is 4.79 Å². The summed E-state index contributed by atoms with van der Waals surface area (Å²) in [5.74, 6) is -0.0123.